The first-order valence-corrected chi connectivity index (χ1v) is 8.41. The van der Waals surface area contributed by atoms with Crippen LogP contribution in [0.5, 0.6) is 5.75 Å². The Kier molecular flexibility index (Phi) is 7.21. The number of rotatable bonds is 7. The molecule has 2 N–H and O–H groups in total. The Morgan fingerprint density at radius 3 is 2.63 bits per heavy atom. The number of nitrogens with zero attached hydrogens (tertiary/aromatic N) is 1. The van der Waals surface area contributed by atoms with Gasteiger partial charge in [-0.15, -0.1) is 0 Å². The molecule has 1 amide bonds. The maximum Gasteiger partial charge on any atom is 0.269 e. The smallest absolute Gasteiger partial charge is 0.269 e. The van der Waals surface area contributed by atoms with Crippen LogP contribution in [0.1, 0.15) is 15.9 Å². The third-order valence-corrected chi connectivity index (χ3v) is 3.78. The van der Waals surface area contributed by atoms with E-state index in [1.165, 1.54) is 18.2 Å². The number of nitrogens with one attached hydrogen (secondary N) is 2. The predicted octanol–water partition coefficient (Wildman–Crippen LogP) is 3.06. The number of benzene rings is 2. The van der Waals surface area contributed by atoms with Crippen LogP contribution in [0, 0.1) is 17.0 Å². The van der Waals surface area contributed by atoms with E-state index in [0.29, 0.717) is 35.8 Å². The molecule has 9 heteroatoms. The summed E-state index contributed by atoms with van der Waals surface area (Å²) in [6.07, 6.45) is 0. The van der Waals surface area contributed by atoms with Crippen LogP contribution >= 0.6 is 12.2 Å². The highest BCUT2D eigenvalue weighted by Crippen LogP contribution is 2.21. The molecular formula is C18H19N3O5S. The Bertz CT molecular complexity index is 857. The maximum atomic E-state index is 12.5. The fraction of sp³-hybridized carbons (Fsp3) is 0.222. The molecule has 0 bridgehead atoms. The van der Waals surface area contributed by atoms with Crippen LogP contribution in [-0.2, 0) is 4.74 Å². The van der Waals surface area contributed by atoms with Gasteiger partial charge in [0.2, 0.25) is 0 Å². The summed E-state index contributed by atoms with van der Waals surface area (Å²) in [5.41, 5.74) is 1.51. The lowest BCUT2D eigenvalue weighted by Gasteiger charge is -2.14. The van der Waals surface area contributed by atoms with E-state index < -0.39 is 10.8 Å². The van der Waals surface area contributed by atoms with Crippen LogP contribution in [0.25, 0.3) is 0 Å². The summed E-state index contributed by atoms with van der Waals surface area (Å²) in [6.45, 7) is 2.42. The maximum absolute atomic E-state index is 12.5. The van der Waals surface area contributed by atoms with Gasteiger partial charge in [0.15, 0.2) is 5.11 Å². The van der Waals surface area contributed by atoms with Crippen molar-refractivity contribution in [3.05, 3.63) is 63.7 Å². The van der Waals surface area contributed by atoms with Crippen molar-refractivity contribution < 1.29 is 19.2 Å². The molecule has 0 unspecified atom stereocenters. The molecule has 0 atom stereocenters. The highest BCUT2D eigenvalue weighted by atomic mass is 32.1. The first-order chi connectivity index (χ1) is 12.9. The number of anilines is 1. The number of carbonyl (C=O) groups is 1. The lowest BCUT2D eigenvalue weighted by molar-refractivity contribution is -0.384. The molecule has 0 aliphatic rings. The van der Waals surface area contributed by atoms with Gasteiger partial charge in [-0.05, 0) is 42.9 Å². The fourth-order valence-corrected chi connectivity index (χ4v) is 2.44. The van der Waals surface area contributed by atoms with Gasteiger partial charge in [0.1, 0.15) is 12.4 Å². The minimum atomic E-state index is -0.475. The Balaban J connectivity index is 2.04. The van der Waals surface area contributed by atoms with Crippen LogP contribution in [-0.4, -0.2) is 36.3 Å². The molecule has 142 valence electrons. The summed E-state index contributed by atoms with van der Waals surface area (Å²) < 4.78 is 10.5. The molecule has 2 rings (SSSR count). The zero-order valence-electron chi connectivity index (χ0n) is 14.9. The number of para-hydroxylation sites is 1. The molecule has 2 aromatic rings. The van der Waals surface area contributed by atoms with Crippen molar-refractivity contribution in [3.63, 3.8) is 0 Å². The summed E-state index contributed by atoms with van der Waals surface area (Å²) in [6, 6.07) is 11.1. The monoisotopic (exact) mass is 389 g/mol. The third kappa shape index (κ3) is 5.73. The highest BCUT2D eigenvalue weighted by molar-refractivity contribution is 7.80. The van der Waals surface area contributed by atoms with Gasteiger partial charge < -0.3 is 14.8 Å². The van der Waals surface area contributed by atoms with Gasteiger partial charge in [0.05, 0.1) is 17.1 Å². The Hall–Kier alpha value is -3.04. The molecule has 0 spiro atoms. The van der Waals surface area contributed by atoms with Crippen LogP contribution in [0.4, 0.5) is 11.4 Å². The number of carbonyl (C=O) groups excluding carboxylic acids is 1. The van der Waals surface area contributed by atoms with Crippen molar-refractivity contribution in [2.45, 2.75) is 6.92 Å². The minimum absolute atomic E-state index is 0.0184. The molecule has 0 saturated heterocycles. The highest BCUT2D eigenvalue weighted by Gasteiger charge is 2.15. The molecule has 27 heavy (non-hydrogen) atoms. The lowest BCUT2D eigenvalue weighted by Crippen LogP contribution is -2.34. The van der Waals surface area contributed by atoms with Gasteiger partial charge in [0.25, 0.3) is 11.6 Å². The average Bonchev–Trinajstić information content (AvgIpc) is 2.63. The molecule has 0 saturated carbocycles. The third-order valence-electron chi connectivity index (χ3n) is 3.57. The minimum Gasteiger partial charge on any atom is -0.490 e. The number of amides is 1. The van der Waals surface area contributed by atoms with Gasteiger partial charge in [-0.3, -0.25) is 20.2 Å². The normalized spacial score (nSPS) is 10.1. The Morgan fingerprint density at radius 2 is 1.96 bits per heavy atom. The van der Waals surface area contributed by atoms with E-state index in [-0.39, 0.29) is 10.8 Å². The van der Waals surface area contributed by atoms with Crippen molar-refractivity contribution in [1.29, 1.82) is 0 Å². The second-order valence-electron chi connectivity index (χ2n) is 5.50. The summed E-state index contributed by atoms with van der Waals surface area (Å²) in [5, 5.41) is 16.3. The van der Waals surface area contributed by atoms with Crippen LogP contribution in [0.15, 0.2) is 42.5 Å². The number of non-ortho nitro benzene ring substituents is 1. The molecular weight excluding hydrogens is 370 g/mol. The fourth-order valence-electron chi connectivity index (χ4n) is 2.24. The SMILES string of the molecule is COCCOc1ccccc1C(=O)NC(=S)Nc1ccc([N+](=O)[O-])cc1C. The van der Waals surface area contributed by atoms with Crippen LogP contribution in [0.2, 0.25) is 0 Å². The second-order valence-corrected chi connectivity index (χ2v) is 5.91. The molecule has 0 aromatic heterocycles. The summed E-state index contributed by atoms with van der Waals surface area (Å²) >= 11 is 5.17. The molecule has 0 aliphatic heterocycles. The molecule has 0 radical (unpaired) electrons. The molecule has 0 fully saturated rings. The van der Waals surface area contributed by atoms with Crippen molar-refractivity contribution in [2.24, 2.45) is 0 Å². The number of hydrogen-bond donors (Lipinski definition) is 2. The topological polar surface area (TPSA) is 103 Å². The molecule has 0 heterocycles. The first kappa shape index (κ1) is 20.3. The molecule has 2 aromatic carbocycles. The Labute approximate surface area is 161 Å². The van der Waals surface area contributed by atoms with E-state index in [1.807, 2.05) is 0 Å². The van der Waals surface area contributed by atoms with E-state index in [0.717, 1.165) is 0 Å². The van der Waals surface area contributed by atoms with E-state index in [9.17, 15) is 14.9 Å². The largest absolute Gasteiger partial charge is 0.490 e. The average molecular weight is 389 g/mol. The van der Waals surface area contributed by atoms with Crippen molar-refractivity contribution in [2.75, 3.05) is 25.6 Å². The van der Waals surface area contributed by atoms with Crippen LogP contribution in [0.3, 0.4) is 0 Å². The quantitative estimate of drug-likeness (QED) is 0.325. The summed E-state index contributed by atoms with van der Waals surface area (Å²) in [7, 11) is 1.56. The van der Waals surface area contributed by atoms with Crippen molar-refractivity contribution in [1.82, 2.24) is 5.32 Å². The number of aryl methyl sites for hydroxylation is 1. The standard InChI is InChI=1S/C18H19N3O5S/c1-12-11-13(21(23)24)7-8-15(12)19-18(27)20-17(22)14-5-3-4-6-16(14)26-10-9-25-2/h3-8,11H,9-10H2,1-2H3,(H2,19,20,22,27). The van der Waals surface area contributed by atoms with Crippen molar-refractivity contribution in [3.8, 4) is 5.75 Å². The van der Waals surface area contributed by atoms with Gasteiger partial charge in [-0.25, -0.2) is 0 Å². The summed E-state index contributed by atoms with van der Waals surface area (Å²) in [5.74, 6) is -0.0125. The van der Waals surface area contributed by atoms with Gasteiger partial charge in [0, 0.05) is 24.9 Å². The number of hydrogen-bond acceptors (Lipinski definition) is 6. The molecule has 8 nitrogen and oxygen atoms in total. The molecule has 0 aliphatic carbocycles. The lowest BCUT2D eigenvalue weighted by atomic mass is 10.2. The van der Waals surface area contributed by atoms with Gasteiger partial charge in [-0.1, -0.05) is 12.1 Å². The number of nitro groups is 1. The second kappa shape index (κ2) is 9.60. The number of thiocarbonyl (C=S) groups is 1. The Morgan fingerprint density at radius 1 is 1.22 bits per heavy atom. The summed E-state index contributed by atoms with van der Waals surface area (Å²) in [4.78, 5) is 22.8. The first-order valence-electron chi connectivity index (χ1n) is 8.00. The van der Waals surface area contributed by atoms with Crippen molar-refractivity contribution >= 4 is 34.6 Å². The predicted molar refractivity (Wildman–Crippen MR) is 105 cm³/mol. The zero-order chi connectivity index (χ0) is 19.8. The van der Waals surface area contributed by atoms with E-state index in [4.69, 9.17) is 21.7 Å². The van der Waals surface area contributed by atoms with E-state index in [1.54, 1.807) is 38.3 Å². The van der Waals surface area contributed by atoms with Crippen LogP contribution < -0.4 is 15.4 Å². The number of nitro benzene ring substituents is 1. The van der Waals surface area contributed by atoms with Gasteiger partial charge >= 0.3 is 0 Å². The number of ether oxygens (including phenoxy) is 2. The van der Waals surface area contributed by atoms with E-state index >= 15 is 0 Å². The van der Waals surface area contributed by atoms with E-state index in [2.05, 4.69) is 10.6 Å². The van der Waals surface area contributed by atoms with Gasteiger partial charge in [-0.2, -0.15) is 0 Å². The zero-order valence-corrected chi connectivity index (χ0v) is 15.7. The number of methoxy groups -OCH3 is 1.